The Morgan fingerprint density at radius 3 is 2.08 bits per heavy atom. The SMILES string of the molecule is CC[C@@H](C)NC(=O)[C@H](Cc1ccccc1)N(Cc1ccccc1F)C(=O)CN(c1cc(OC)ccc1OC)S(=O)(=O)c1ccc(OC)c(OC)c1. The molecule has 0 aromatic heterocycles. The molecule has 0 saturated carbocycles. The van der Waals surface area contributed by atoms with Crippen LogP contribution in [-0.2, 0) is 32.6 Å². The van der Waals surface area contributed by atoms with E-state index < -0.39 is 40.2 Å². The first-order valence-electron chi connectivity index (χ1n) is 16.3. The lowest BCUT2D eigenvalue weighted by Gasteiger charge is -2.34. The van der Waals surface area contributed by atoms with Gasteiger partial charge in [0.25, 0.3) is 10.0 Å². The fourth-order valence-electron chi connectivity index (χ4n) is 5.41. The van der Waals surface area contributed by atoms with Crippen LogP contribution in [0.3, 0.4) is 0 Å². The monoisotopic (exact) mass is 721 g/mol. The molecular formula is C38H44FN3O8S. The number of methoxy groups -OCH3 is 4. The molecule has 1 N–H and O–H groups in total. The number of nitrogens with one attached hydrogen (secondary N) is 1. The predicted molar refractivity (Wildman–Crippen MR) is 192 cm³/mol. The summed E-state index contributed by atoms with van der Waals surface area (Å²) in [6.45, 7) is 2.64. The van der Waals surface area contributed by atoms with Crippen LogP contribution in [0.1, 0.15) is 31.4 Å². The highest BCUT2D eigenvalue weighted by molar-refractivity contribution is 7.92. The van der Waals surface area contributed by atoms with Crippen molar-refractivity contribution in [2.75, 3.05) is 39.3 Å². The number of anilines is 1. The quantitative estimate of drug-likeness (QED) is 0.149. The van der Waals surface area contributed by atoms with Gasteiger partial charge in [0.2, 0.25) is 11.8 Å². The maximum atomic E-state index is 15.2. The topological polar surface area (TPSA) is 124 Å². The number of sulfonamides is 1. The third-order valence-electron chi connectivity index (χ3n) is 8.45. The molecule has 4 aromatic carbocycles. The third-order valence-corrected chi connectivity index (χ3v) is 10.2. The zero-order chi connectivity index (χ0) is 37.1. The number of hydrogen-bond acceptors (Lipinski definition) is 8. The van der Waals surface area contributed by atoms with Crippen molar-refractivity contribution in [2.45, 2.75) is 50.2 Å². The van der Waals surface area contributed by atoms with Crippen LogP contribution >= 0.6 is 0 Å². The molecule has 0 saturated heterocycles. The van der Waals surface area contributed by atoms with E-state index in [1.165, 1.54) is 81.9 Å². The second kappa shape index (κ2) is 17.6. The number of nitrogens with zero attached hydrogens (tertiary/aromatic N) is 2. The van der Waals surface area contributed by atoms with E-state index in [9.17, 15) is 18.0 Å². The average molecular weight is 722 g/mol. The maximum Gasteiger partial charge on any atom is 0.265 e. The highest BCUT2D eigenvalue weighted by atomic mass is 32.2. The molecule has 0 bridgehead atoms. The molecule has 0 spiro atoms. The van der Waals surface area contributed by atoms with Crippen LogP contribution in [0, 0.1) is 5.82 Å². The molecule has 11 nitrogen and oxygen atoms in total. The van der Waals surface area contributed by atoms with Crippen molar-refractivity contribution in [2.24, 2.45) is 0 Å². The Kier molecular flexibility index (Phi) is 13.3. The van der Waals surface area contributed by atoms with Crippen molar-refractivity contribution in [1.29, 1.82) is 0 Å². The Morgan fingerprint density at radius 2 is 1.45 bits per heavy atom. The fraction of sp³-hybridized carbons (Fsp3) is 0.316. The zero-order valence-electron chi connectivity index (χ0n) is 29.6. The van der Waals surface area contributed by atoms with E-state index in [0.717, 1.165) is 9.87 Å². The summed E-state index contributed by atoms with van der Waals surface area (Å²) in [6.07, 6.45) is 0.701. The number of carbonyl (C=O) groups is 2. The molecule has 0 radical (unpaired) electrons. The Labute approximate surface area is 298 Å². The van der Waals surface area contributed by atoms with Crippen molar-refractivity contribution in [3.63, 3.8) is 0 Å². The predicted octanol–water partition coefficient (Wildman–Crippen LogP) is 5.61. The second-order valence-corrected chi connectivity index (χ2v) is 13.6. The van der Waals surface area contributed by atoms with Crippen molar-refractivity contribution >= 4 is 27.5 Å². The summed E-state index contributed by atoms with van der Waals surface area (Å²) >= 11 is 0. The molecule has 2 atom stereocenters. The smallest absolute Gasteiger partial charge is 0.265 e. The van der Waals surface area contributed by atoms with Gasteiger partial charge in [-0.25, -0.2) is 12.8 Å². The van der Waals surface area contributed by atoms with Crippen molar-refractivity contribution < 1.29 is 41.3 Å². The standard InChI is InChI=1S/C38H44FN3O8S/c1-7-26(2)40-38(44)33(21-27-13-9-8-10-14-27)41(24-28-15-11-12-16-31(28)39)37(43)25-42(32-22-29(47-3)17-19-34(32)48-4)51(45,46)30-18-20-35(49-5)36(23-30)50-6/h8-20,22-23,26,33H,7,21,24-25H2,1-6H3,(H,40,44)/t26-,33+/m1/s1. The first kappa shape index (κ1) is 38.5. The molecule has 0 aliphatic rings. The van der Waals surface area contributed by atoms with Crippen LogP contribution in [0.5, 0.6) is 23.0 Å². The molecule has 0 heterocycles. The van der Waals surface area contributed by atoms with Gasteiger partial charge in [-0.15, -0.1) is 0 Å². The molecule has 4 rings (SSSR count). The minimum absolute atomic E-state index is 0.00510. The summed E-state index contributed by atoms with van der Waals surface area (Å²) in [5, 5.41) is 2.96. The van der Waals surface area contributed by atoms with Crippen molar-refractivity contribution in [1.82, 2.24) is 10.2 Å². The molecule has 0 aliphatic heterocycles. The molecular weight excluding hydrogens is 677 g/mol. The number of hydrogen-bond donors (Lipinski definition) is 1. The van der Waals surface area contributed by atoms with Gasteiger partial charge in [-0.3, -0.25) is 13.9 Å². The molecule has 51 heavy (non-hydrogen) atoms. The van der Waals surface area contributed by atoms with E-state index >= 15 is 4.39 Å². The summed E-state index contributed by atoms with van der Waals surface area (Å²) in [6, 6.07) is 22.3. The molecule has 2 amide bonds. The number of carbonyl (C=O) groups excluding carboxylic acids is 2. The lowest BCUT2D eigenvalue weighted by Crippen LogP contribution is -2.54. The van der Waals surface area contributed by atoms with Gasteiger partial charge >= 0.3 is 0 Å². The van der Waals surface area contributed by atoms with Crippen LogP contribution in [0.15, 0.2) is 95.9 Å². The van der Waals surface area contributed by atoms with Gasteiger partial charge in [-0.1, -0.05) is 55.5 Å². The lowest BCUT2D eigenvalue weighted by molar-refractivity contribution is -0.140. The van der Waals surface area contributed by atoms with Crippen LogP contribution in [0.25, 0.3) is 0 Å². The summed E-state index contributed by atoms with van der Waals surface area (Å²) in [5.41, 5.74) is 0.889. The number of halogens is 1. The second-order valence-electron chi connectivity index (χ2n) is 11.7. The number of amides is 2. The highest BCUT2D eigenvalue weighted by Crippen LogP contribution is 2.38. The highest BCUT2D eigenvalue weighted by Gasteiger charge is 2.36. The minimum atomic E-state index is -4.57. The van der Waals surface area contributed by atoms with Crippen LogP contribution in [0.2, 0.25) is 0 Å². The minimum Gasteiger partial charge on any atom is -0.497 e. The Balaban J connectivity index is 1.91. The van der Waals surface area contributed by atoms with Gasteiger partial charge < -0.3 is 29.2 Å². The van der Waals surface area contributed by atoms with Gasteiger partial charge in [0.1, 0.15) is 29.9 Å². The molecule has 13 heteroatoms. The number of benzene rings is 4. The zero-order valence-corrected chi connectivity index (χ0v) is 30.4. The van der Waals surface area contributed by atoms with E-state index in [0.29, 0.717) is 17.9 Å². The van der Waals surface area contributed by atoms with Gasteiger partial charge in [-0.2, -0.15) is 0 Å². The number of ether oxygens (including phenoxy) is 4. The van der Waals surface area contributed by atoms with Gasteiger partial charge in [0, 0.05) is 36.7 Å². The number of rotatable bonds is 17. The maximum absolute atomic E-state index is 15.2. The van der Waals surface area contributed by atoms with Crippen molar-refractivity contribution in [3.05, 3.63) is 108 Å². The van der Waals surface area contributed by atoms with Crippen LogP contribution in [0.4, 0.5) is 10.1 Å². The summed E-state index contributed by atoms with van der Waals surface area (Å²) < 4.78 is 67.1. The summed E-state index contributed by atoms with van der Waals surface area (Å²) in [4.78, 5) is 29.8. The molecule has 272 valence electrons. The first-order valence-corrected chi connectivity index (χ1v) is 17.7. The molecule has 0 fully saturated rings. The summed E-state index contributed by atoms with van der Waals surface area (Å²) in [7, 11) is 1.02. The van der Waals surface area contributed by atoms with Crippen LogP contribution in [-0.4, -0.2) is 72.2 Å². The van der Waals surface area contributed by atoms with E-state index in [4.69, 9.17) is 18.9 Å². The van der Waals surface area contributed by atoms with E-state index in [1.807, 2.05) is 44.2 Å². The van der Waals surface area contributed by atoms with Gasteiger partial charge in [0.15, 0.2) is 11.5 Å². The Bertz CT molecular complexity index is 1910. The van der Waals surface area contributed by atoms with Crippen LogP contribution < -0.4 is 28.6 Å². The Morgan fingerprint density at radius 1 is 0.804 bits per heavy atom. The summed E-state index contributed by atoms with van der Waals surface area (Å²) in [5.74, 6) is -0.954. The fourth-order valence-corrected chi connectivity index (χ4v) is 6.85. The van der Waals surface area contributed by atoms with Gasteiger partial charge in [0.05, 0.1) is 39.0 Å². The van der Waals surface area contributed by atoms with Gasteiger partial charge in [-0.05, 0) is 49.2 Å². The molecule has 0 unspecified atom stereocenters. The van der Waals surface area contributed by atoms with E-state index in [1.54, 1.807) is 12.1 Å². The average Bonchev–Trinajstić information content (AvgIpc) is 3.15. The van der Waals surface area contributed by atoms with E-state index in [2.05, 4.69) is 5.32 Å². The Hall–Kier alpha value is -5.30. The largest absolute Gasteiger partial charge is 0.497 e. The lowest BCUT2D eigenvalue weighted by atomic mass is 10.0. The molecule has 0 aliphatic carbocycles. The van der Waals surface area contributed by atoms with E-state index in [-0.39, 0.29) is 46.7 Å². The molecule has 4 aromatic rings. The first-order chi connectivity index (χ1) is 24.5. The van der Waals surface area contributed by atoms with Crippen molar-refractivity contribution in [3.8, 4) is 23.0 Å². The normalized spacial score (nSPS) is 12.3. The third kappa shape index (κ3) is 9.28.